The minimum Gasteiger partial charge on any atom is -0.493 e. The quantitative estimate of drug-likeness (QED) is 0.491. The molecular weight excluding hydrogens is 316 g/mol. The minimum absolute atomic E-state index is 0.0467. The van der Waals surface area contributed by atoms with Gasteiger partial charge in [-0.25, -0.2) is 4.79 Å². The lowest BCUT2D eigenvalue weighted by atomic mass is 10.2. The third-order valence-electron chi connectivity index (χ3n) is 2.30. The van der Waals surface area contributed by atoms with Crippen molar-refractivity contribution in [2.24, 2.45) is 0 Å². The number of esters is 1. The Morgan fingerprint density at radius 2 is 2.05 bits per heavy atom. The van der Waals surface area contributed by atoms with Crippen LogP contribution in [0.4, 0.5) is 0 Å². The molecule has 1 aromatic carbocycles. The van der Waals surface area contributed by atoms with E-state index in [0.717, 1.165) is 0 Å². The number of hydrogen-bond acceptors (Lipinski definition) is 5. The lowest BCUT2D eigenvalue weighted by Crippen LogP contribution is -2.08. The van der Waals surface area contributed by atoms with Crippen molar-refractivity contribution in [3.05, 3.63) is 46.3 Å². The molecule has 0 radical (unpaired) electrons. The summed E-state index contributed by atoms with van der Waals surface area (Å²) in [6, 6.07) is 7.58. The normalized spacial score (nSPS) is 10.0. The molecule has 0 aliphatic heterocycles. The number of halogens is 1. The molecule has 0 N–H and O–H groups in total. The summed E-state index contributed by atoms with van der Waals surface area (Å²) in [6.45, 7) is 0. The van der Waals surface area contributed by atoms with Gasteiger partial charge in [-0.1, -0.05) is 0 Å². The van der Waals surface area contributed by atoms with Crippen molar-refractivity contribution in [1.29, 1.82) is 0 Å². The predicted octanol–water partition coefficient (Wildman–Crippen LogP) is 3.08. The number of aldehydes is 1. The topological polar surface area (TPSA) is 65.7 Å². The number of ether oxygens (including phenoxy) is 2. The van der Waals surface area contributed by atoms with Crippen LogP contribution in [0.15, 0.2) is 39.4 Å². The molecule has 1 heterocycles. The maximum absolute atomic E-state index is 11.8. The fraction of sp³-hybridized carbons (Fsp3) is 0.0769. The largest absolute Gasteiger partial charge is 0.493 e. The molecule has 0 unspecified atom stereocenters. The van der Waals surface area contributed by atoms with Gasteiger partial charge >= 0.3 is 5.97 Å². The van der Waals surface area contributed by atoms with E-state index < -0.39 is 5.97 Å². The Kier molecular flexibility index (Phi) is 4.01. The molecule has 0 amide bonds. The number of rotatable bonds is 4. The highest BCUT2D eigenvalue weighted by molar-refractivity contribution is 9.10. The van der Waals surface area contributed by atoms with Gasteiger partial charge in [0.1, 0.15) is 6.29 Å². The van der Waals surface area contributed by atoms with Gasteiger partial charge in [0.25, 0.3) is 0 Å². The van der Waals surface area contributed by atoms with Crippen LogP contribution in [0.5, 0.6) is 11.5 Å². The van der Waals surface area contributed by atoms with Crippen LogP contribution in [-0.4, -0.2) is 19.4 Å². The molecule has 0 bridgehead atoms. The molecule has 2 rings (SSSR count). The van der Waals surface area contributed by atoms with E-state index in [2.05, 4.69) is 15.9 Å². The summed E-state index contributed by atoms with van der Waals surface area (Å²) in [5, 5.41) is 0. The molecule has 1 aromatic heterocycles. The third-order valence-corrected chi connectivity index (χ3v) is 2.73. The van der Waals surface area contributed by atoms with Crippen LogP contribution in [-0.2, 0) is 0 Å². The first-order valence-electron chi connectivity index (χ1n) is 5.25. The standard InChI is InChI=1S/C13H9BrO5/c1-17-9-3-2-8(7-15)6-11(9)19-13(16)10-4-5-12(14)18-10/h2-7H,1H3. The predicted molar refractivity (Wildman–Crippen MR) is 69.7 cm³/mol. The molecule has 0 aliphatic rings. The third kappa shape index (κ3) is 3.03. The van der Waals surface area contributed by atoms with Crippen LogP contribution >= 0.6 is 15.9 Å². The highest BCUT2D eigenvalue weighted by Gasteiger charge is 2.16. The number of methoxy groups -OCH3 is 1. The van der Waals surface area contributed by atoms with Crippen molar-refractivity contribution in [3.63, 3.8) is 0 Å². The Hall–Kier alpha value is -2.08. The fourth-order valence-corrected chi connectivity index (χ4v) is 1.73. The number of carbonyl (C=O) groups is 2. The van der Waals surface area contributed by atoms with E-state index in [-0.39, 0.29) is 11.5 Å². The first kappa shape index (κ1) is 13.4. The number of benzene rings is 1. The van der Waals surface area contributed by atoms with Crippen LogP contribution in [0.2, 0.25) is 0 Å². The van der Waals surface area contributed by atoms with E-state index in [1.807, 2.05) is 0 Å². The lowest BCUT2D eigenvalue weighted by Gasteiger charge is -2.08. The van der Waals surface area contributed by atoms with Crippen molar-refractivity contribution in [1.82, 2.24) is 0 Å². The minimum atomic E-state index is -0.674. The molecule has 6 heteroatoms. The van der Waals surface area contributed by atoms with Crippen molar-refractivity contribution in [3.8, 4) is 11.5 Å². The highest BCUT2D eigenvalue weighted by atomic mass is 79.9. The summed E-state index contributed by atoms with van der Waals surface area (Å²) in [7, 11) is 1.44. The molecule has 0 saturated carbocycles. The number of carbonyl (C=O) groups excluding carboxylic acids is 2. The molecule has 0 aliphatic carbocycles. The van der Waals surface area contributed by atoms with Gasteiger partial charge in [0.15, 0.2) is 16.2 Å². The fourth-order valence-electron chi connectivity index (χ4n) is 1.42. The number of furan rings is 1. The average molecular weight is 325 g/mol. The van der Waals surface area contributed by atoms with Gasteiger partial charge in [-0.3, -0.25) is 4.79 Å². The molecule has 2 aromatic rings. The van der Waals surface area contributed by atoms with Gasteiger partial charge < -0.3 is 13.9 Å². The van der Waals surface area contributed by atoms with Crippen LogP contribution in [0, 0.1) is 0 Å². The van der Waals surface area contributed by atoms with E-state index in [4.69, 9.17) is 13.9 Å². The summed E-state index contributed by atoms with van der Waals surface area (Å²) < 4.78 is 15.7. The first-order chi connectivity index (χ1) is 9.13. The van der Waals surface area contributed by atoms with Gasteiger partial charge in [0.2, 0.25) is 5.76 Å². The highest BCUT2D eigenvalue weighted by Crippen LogP contribution is 2.28. The van der Waals surface area contributed by atoms with Crippen molar-refractivity contribution >= 4 is 28.2 Å². The molecular formula is C13H9BrO5. The summed E-state index contributed by atoms with van der Waals surface area (Å²) in [6.07, 6.45) is 0.653. The van der Waals surface area contributed by atoms with Crippen molar-refractivity contribution in [2.45, 2.75) is 0 Å². The zero-order valence-electron chi connectivity index (χ0n) is 9.88. The van der Waals surface area contributed by atoms with Gasteiger partial charge in [-0.2, -0.15) is 0 Å². The summed E-state index contributed by atoms with van der Waals surface area (Å²) in [5.74, 6) is -0.119. The van der Waals surface area contributed by atoms with E-state index >= 15 is 0 Å². The van der Waals surface area contributed by atoms with E-state index in [1.54, 1.807) is 18.2 Å². The van der Waals surface area contributed by atoms with Gasteiger partial charge in [0.05, 0.1) is 7.11 Å². The van der Waals surface area contributed by atoms with E-state index in [1.165, 1.54) is 19.2 Å². The van der Waals surface area contributed by atoms with Crippen molar-refractivity contribution in [2.75, 3.05) is 7.11 Å². The lowest BCUT2D eigenvalue weighted by molar-refractivity contribution is 0.0694. The van der Waals surface area contributed by atoms with Gasteiger partial charge in [-0.05, 0) is 46.3 Å². The second-order valence-electron chi connectivity index (χ2n) is 3.52. The molecule has 0 saturated heterocycles. The van der Waals surface area contributed by atoms with Gasteiger partial charge in [-0.15, -0.1) is 0 Å². The maximum atomic E-state index is 11.8. The molecule has 0 atom stereocenters. The van der Waals surface area contributed by atoms with Crippen molar-refractivity contribution < 1.29 is 23.5 Å². The zero-order valence-corrected chi connectivity index (χ0v) is 11.5. The Balaban J connectivity index is 2.26. The first-order valence-corrected chi connectivity index (χ1v) is 6.04. The molecule has 19 heavy (non-hydrogen) atoms. The van der Waals surface area contributed by atoms with Crippen LogP contribution in [0.3, 0.4) is 0 Å². The average Bonchev–Trinajstić information content (AvgIpc) is 2.85. The van der Waals surface area contributed by atoms with Gasteiger partial charge in [0, 0.05) is 5.56 Å². The van der Waals surface area contributed by atoms with E-state index in [9.17, 15) is 9.59 Å². The Bertz CT molecular complexity index is 617. The monoisotopic (exact) mass is 324 g/mol. The molecule has 5 nitrogen and oxygen atoms in total. The van der Waals surface area contributed by atoms with E-state index in [0.29, 0.717) is 22.3 Å². The Morgan fingerprint density at radius 1 is 1.26 bits per heavy atom. The summed E-state index contributed by atoms with van der Waals surface area (Å²) in [5.41, 5.74) is 0.379. The summed E-state index contributed by atoms with van der Waals surface area (Å²) in [4.78, 5) is 22.5. The molecule has 0 fully saturated rings. The number of hydrogen-bond donors (Lipinski definition) is 0. The summed E-state index contributed by atoms with van der Waals surface area (Å²) >= 11 is 3.09. The maximum Gasteiger partial charge on any atom is 0.379 e. The Morgan fingerprint density at radius 3 is 2.63 bits per heavy atom. The second kappa shape index (κ2) is 5.71. The Labute approximate surface area is 117 Å². The SMILES string of the molecule is COc1ccc(C=O)cc1OC(=O)c1ccc(Br)o1. The van der Waals surface area contributed by atoms with Crippen LogP contribution < -0.4 is 9.47 Å². The molecule has 0 spiro atoms. The second-order valence-corrected chi connectivity index (χ2v) is 4.30. The van der Waals surface area contributed by atoms with Crippen LogP contribution in [0.1, 0.15) is 20.9 Å². The molecule has 98 valence electrons. The smallest absolute Gasteiger partial charge is 0.379 e. The van der Waals surface area contributed by atoms with Crippen LogP contribution in [0.25, 0.3) is 0 Å². The zero-order chi connectivity index (χ0) is 13.8.